The van der Waals surface area contributed by atoms with Crippen LogP contribution in [0.3, 0.4) is 0 Å². The number of aromatic nitrogens is 2. The minimum atomic E-state index is 0.192. The number of fused-ring (bicyclic) bond motifs is 1. The number of pyridine rings is 1. The number of piperidine rings is 1. The van der Waals surface area contributed by atoms with Gasteiger partial charge in [0.05, 0.1) is 16.8 Å². The van der Waals surface area contributed by atoms with Crippen molar-refractivity contribution < 1.29 is 5.11 Å². The zero-order valence-electron chi connectivity index (χ0n) is 11.3. The van der Waals surface area contributed by atoms with Crippen LogP contribution in [0.2, 0.25) is 0 Å². The predicted octanol–water partition coefficient (Wildman–Crippen LogP) is 1.88. The quantitative estimate of drug-likeness (QED) is 0.796. The lowest BCUT2D eigenvalue weighted by Gasteiger charge is -2.35. The topological polar surface area (TPSA) is 64.2 Å². The summed E-state index contributed by atoms with van der Waals surface area (Å²) in [5, 5.41) is 13.5. The first-order valence-electron chi connectivity index (χ1n) is 7.00. The van der Waals surface area contributed by atoms with Crippen molar-refractivity contribution in [2.24, 2.45) is 0 Å². The van der Waals surface area contributed by atoms with E-state index in [9.17, 15) is 0 Å². The van der Waals surface area contributed by atoms with E-state index in [0.717, 1.165) is 41.4 Å². The molecule has 1 fully saturated rings. The lowest BCUT2D eigenvalue weighted by atomic mass is 10.0. The van der Waals surface area contributed by atoms with Crippen LogP contribution in [-0.2, 0) is 0 Å². The predicted molar refractivity (Wildman–Crippen MR) is 84.1 cm³/mol. The third-order valence-electron chi connectivity index (χ3n) is 3.80. The second kappa shape index (κ2) is 6.11. The molecule has 3 N–H and O–H groups in total. The van der Waals surface area contributed by atoms with Crippen molar-refractivity contribution in [1.82, 2.24) is 15.3 Å². The summed E-state index contributed by atoms with van der Waals surface area (Å²) in [7, 11) is 0. The van der Waals surface area contributed by atoms with E-state index in [1.165, 1.54) is 5.69 Å². The van der Waals surface area contributed by atoms with Crippen molar-refractivity contribution >= 4 is 32.7 Å². The van der Waals surface area contributed by atoms with E-state index in [1.54, 1.807) is 0 Å². The molecule has 0 radical (unpaired) electrons. The number of aliphatic hydroxyl groups is 1. The summed E-state index contributed by atoms with van der Waals surface area (Å²) in [6, 6.07) is 2.51. The average Bonchev–Trinajstić information content (AvgIpc) is 2.93. The molecule has 2 aromatic heterocycles. The Labute approximate surface area is 126 Å². The van der Waals surface area contributed by atoms with Gasteiger partial charge in [-0.2, -0.15) is 0 Å². The number of hydrogen-bond donors (Lipinski definition) is 3. The molecule has 20 heavy (non-hydrogen) atoms. The highest BCUT2D eigenvalue weighted by Gasteiger charge is 2.23. The zero-order chi connectivity index (χ0) is 13.9. The molecule has 1 unspecified atom stereocenters. The fourth-order valence-electron chi connectivity index (χ4n) is 2.91. The smallest absolute Gasteiger partial charge is 0.139 e. The molecule has 1 aliphatic heterocycles. The maximum absolute atomic E-state index is 8.94. The Bertz CT molecular complexity index is 586. The molecule has 0 amide bonds. The van der Waals surface area contributed by atoms with E-state index in [2.05, 4.69) is 42.2 Å². The summed E-state index contributed by atoms with van der Waals surface area (Å²) < 4.78 is 1.03. The second-order valence-corrected chi connectivity index (χ2v) is 6.01. The van der Waals surface area contributed by atoms with Gasteiger partial charge in [-0.3, -0.25) is 0 Å². The molecule has 5 nitrogen and oxygen atoms in total. The van der Waals surface area contributed by atoms with Crippen LogP contribution in [0.4, 0.5) is 5.69 Å². The van der Waals surface area contributed by atoms with Crippen molar-refractivity contribution in [1.29, 1.82) is 0 Å². The molecule has 108 valence electrons. The fraction of sp³-hybridized carbons (Fsp3) is 0.500. The van der Waals surface area contributed by atoms with Crippen molar-refractivity contribution in [3.05, 3.63) is 22.9 Å². The number of aromatic amines is 1. The normalized spacial score (nSPS) is 19.7. The molecule has 0 spiro atoms. The molecule has 1 aliphatic rings. The number of halogens is 1. The standard InChI is InChI=1S/C14H19BrN4O/c15-12-8-18-14-11(3-4-17-14)13(12)19-6-1-2-10(9-19)16-5-7-20/h3-4,8,10,16,20H,1-2,5-7,9H2,(H,17,18). The molecule has 0 aliphatic carbocycles. The molecular weight excluding hydrogens is 320 g/mol. The Hall–Kier alpha value is -1.11. The zero-order valence-corrected chi connectivity index (χ0v) is 12.9. The highest BCUT2D eigenvalue weighted by atomic mass is 79.9. The van der Waals surface area contributed by atoms with Gasteiger partial charge in [-0.25, -0.2) is 4.98 Å². The van der Waals surface area contributed by atoms with E-state index < -0.39 is 0 Å². The van der Waals surface area contributed by atoms with Gasteiger partial charge in [-0.1, -0.05) is 0 Å². The van der Waals surface area contributed by atoms with E-state index in [0.29, 0.717) is 12.6 Å². The first-order valence-corrected chi connectivity index (χ1v) is 7.79. The highest BCUT2D eigenvalue weighted by Crippen LogP contribution is 2.34. The van der Waals surface area contributed by atoms with Gasteiger partial charge in [0.25, 0.3) is 0 Å². The summed E-state index contributed by atoms with van der Waals surface area (Å²) in [5.41, 5.74) is 2.14. The van der Waals surface area contributed by atoms with E-state index in [1.807, 2.05) is 12.4 Å². The average molecular weight is 339 g/mol. The van der Waals surface area contributed by atoms with Gasteiger partial charge in [0, 0.05) is 43.5 Å². The Balaban J connectivity index is 1.86. The van der Waals surface area contributed by atoms with Crippen LogP contribution in [0, 0.1) is 0 Å². The van der Waals surface area contributed by atoms with E-state index in [-0.39, 0.29) is 6.61 Å². The summed E-state index contributed by atoms with van der Waals surface area (Å²) in [6.07, 6.45) is 6.11. The summed E-state index contributed by atoms with van der Waals surface area (Å²) >= 11 is 3.63. The minimum absolute atomic E-state index is 0.192. The molecule has 1 saturated heterocycles. The van der Waals surface area contributed by atoms with Gasteiger partial charge >= 0.3 is 0 Å². The SMILES string of the molecule is OCCNC1CCCN(c2c(Br)cnc3[nH]ccc23)C1. The van der Waals surface area contributed by atoms with Crippen LogP contribution in [0.15, 0.2) is 22.9 Å². The van der Waals surface area contributed by atoms with Crippen LogP contribution >= 0.6 is 15.9 Å². The summed E-state index contributed by atoms with van der Waals surface area (Å²) in [4.78, 5) is 9.95. The number of nitrogens with one attached hydrogen (secondary N) is 2. The summed E-state index contributed by atoms with van der Waals surface area (Å²) in [5.74, 6) is 0. The van der Waals surface area contributed by atoms with Gasteiger partial charge in [0.2, 0.25) is 0 Å². The third kappa shape index (κ3) is 2.68. The van der Waals surface area contributed by atoms with Crippen LogP contribution < -0.4 is 10.2 Å². The Morgan fingerprint density at radius 2 is 2.45 bits per heavy atom. The van der Waals surface area contributed by atoms with Crippen molar-refractivity contribution in [2.75, 3.05) is 31.1 Å². The van der Waals surface area contributed by atoms with Crippen molar-refractivity contribution in [3.8, 4) is 0 Å². The van der Waals surface area contributed by atoms with Crippen LogP contribution in [-0.4, -0.2) is 47.4 Å². The Kier molecular flexibility index (Phi) is 4.24. The first kappa shape index (κ1) is 13.9. The van der Waals surface area contributed by atoms with Gasteiger partial charge < -0.3 is 20.3 Å². The molecule has 6 heteroatoms. The molecule has 2 aromatic rings. The lowest BCUT2D eigenvalue weighted by Crippen LogP contribution is -2.46. The molecule has 1 atom stereocenters. The molecule has 3 heterocycles. The number of aliphatic hydroxyl groups excluding tert-OH is 1. The van der Waals surface area contributed by atoms with Gasteiger partial charge in [-0.15, -0.1) is 0 Å². The maximum Gasteiger partial charge on any atom is 0.139 e. The first-order chi connectivity index (χ1) is 9.79. The molecular formula is C14H19BrN4O. The minimum Gasteiger partial charge on any atom is -0.395 e. The molecule has 0 aromatic carbocycles. The number of rotatable bonds is 4. The second-order valence-electron chi connectivity index (χ2n) is 5.16. The van der Waals surface area contributed by atoms with E-state index >= 15 is 0 Å². The number of anilines is 1. The number of nitrogens with zero attached hydrogens (tertiary/aromatic N) is 2. The molecule has 3 rings (SSSR count). The number of hydrogen-bond acceptors (Lipinski definition) is 4. The van der Waals surface area contributed by atoms with Crippen LogP contribution in [0.5, 0.6) is 0 Å². The molecule has 0 saturated carbocycles. The Morgan fingerprint density at radius 3 is 3.30 bits per heavy atom. The van der Waals surface area contributed by atoms with Gasteiger partial charge in [0.15, 0.2) is 0 Å². The third-order valence-corrected chi connectivity index (χ3v) is 4.38. The lowest BCUT2D eigenvalue weighted by molar-refractivity contribution is 0.278. The van der Waals surface area contributed by atoms with Gasteiger partial charge in [-0.05, 0) is 34.8 Å². The van der Waals surface area contributed by atoms with E-state index in [4.69, 9.17) is 5.11 Å². The van der Waals surface area contributed by atoms with Crippen molar-refractivity contribution in [3.63, 3.8) is 0 Å². The van der Waals surface area contributed by atoms with Crippen LogP contribution in [0.1, 0.15) is 12.8 Å². The largest absolute Gasteiger partial charge is 0.395 e. The monoisotopic (exact) mass is 338 g/mol. The summed E-state index contributed by atoms with van der Waals surface area (Å²) in [6.45, 7) is 2.87. The maximum atomic E-state index is 8.94. The van der Waals surface area contributed by atoms with Crippen LogP contribution in [0.25, 0.3) is 11.0 Å². The highest BCUT2D eigenvalue weighted by molar-refractivity contribution is 9.10. The number of H-pyrrole nitrogens is 1. The van der Waals surface area contributed by atoms with Crippen molar-refractivity contribution in [2.45, 2.75) is 18.9 Å². The Morgan fingerprint density at radius 1 is 1.55 bits per heavy atom. The fourth-order valence-corrected chi connectivity index (χ4v) is 3.47. The molecule has 0 bridgehead atoms. The van der Waals surface area contributed by atoms with Gasteiger partial charge in [0.1, 0.15) is 5.65 Å².